The maximum atomic E-state index is 14.5. The monoisotopic (exact) mass is 608 g/mol. The van der Waals surface area contributed by atoms with E-state index in [4.69, 9.17) is 13.8 Å². The molecular formula is C31H40F3N2O5P. The number of carbonyl (C=O) groups excluding carboxylic acids is 1. The van der Waals surface area contributed by atoms with Crippen molar-refractivity contribution in [3.05, 3.63) is 93.6 Å². The number of allylic oxidation sites excluding steroid dienone is 3. The van der Waals surface area contributed by atoms with Crippen LogP contribution in [-0.4, -0.2) is 43.3 Å². The number of rotatable bonds is 12. The molecule has 7 nitrogen and oxygen atoms in total. The SMILES string of the molecule is CC1=C(C(=O)OCCN(C)Cc2ccccc2)C(c2ccccc2C(F)(F)F)C(P(=O)(OC(C)C)OC(C)C)=C(C)N1. The van der Waals surface area contributed by atoms with Crippen LogP contribution in [0.15, 0.2) is 76.9 Å². The lowest BCUT2D eigenvalue weighted by Gasteiger charge is -2.36. The van der Waals surface area contributed by atoms with Crippen LogP contribution in [0.4, 0.5) is 13.2 Å². The lowest BCUT2D eigenvalue weighted by Crippen LogP contribution is -2.32. The summed E-state index contributed by atoms with van der Waals surface area (Å²) in [6, 6.07) is 14.7. The van der Waals surface area contributed by atoms with Crippen LogP contribution in [0.3, 0.4) is 0 Å². The Balaban J connectivity index is 2.05. The number of hydrogen-bond donors (Lipinski definition) is 1. The Morgan fingerprint density at radius 3 is 2.10 bits per heavy atom. The van der Waals surface area contributed by atoms with Crippen molar-refractivity contribution in [2.45, 2.75) is 72.4 Å². The summed E-state index contributed by atoms with van der Waals surface area (Å²) < 4.78 is 74.8. The summed E-state index contributed by atoms with van der Waals surface area (Å²) in [5.74, 6) is -2.22. The van der Waals surface area contributed by atoms with Gasteiger partial charge >= 0.3 is 19.7 Å². The third kappa shape index (κ3) is 8.34. The zero-order valence-corrected chi connectivity index (χ0v) is 26.0. The van der Waals surface area contributed by atoms with Crippen LogP contribution in [0.25, 0.3) is 0 Å². The number of nitrogens with one attached hydrogen (secondary N) is 1. The van der Waals surface area contributed by atoms with Crippen LogP contribution < -0.4 is 5.32 Å². The van der Waals surface area contributed by atoms with Gasteiger partial charge in [-0.3, -0.25) is 9.46 Å². The fourth-order valence-electron chi connectivity index (χ4n) is 4.97. The molecule has 1 aliphatic heterocycles. The normalized spacial score (nSPS) is 16.5. The molecule has 42 heavy (non-hydrogen) atoms. The number of nitrogens with zero attached hydrogens (tertiary/aromatic N) is 1. The highest BCUT2D eigenvalue weighted by Crippen LogP contribution is 2.65. The topological polar surface area (TPSA) is 77.1 Å². The van der Waals surface area contributed by atoms with E-state index in [1.54, 1.807) is 41.5 Å². The van der Waals surface area contributed by atoms with Gasteiger partial charge in [-0.2, -0.15) is 13.2 Å². The molecule has 11 heteroatoms. The molecule has 1 unspecified atom stereocenters. The molecule has 1 aliphatic rings. The Kier molecular flexibility index (Phi) is 11.2. The molecule has 0 aliphatic carbocycles. The van der Waals surface area contributed by atoms with Crippen molar-refractivity contribution in [3.63, 3.8) is 0 Å². The lowest BCUT2D eigenvalue weighted by molar-refractivity contribution is -0.141. The molecule has 0 saturated heterocycles. The third-order valence-corrected chi connectivity index (χ3v) is 9.10. The van der Waals surface area contributed by atoms with E-state index in [2.05, 4.69) is 5.32 Å². The smallest absolute Gasteiger partial charge is 0.416 e. The van der Waals surface area contributed by atoms with Crippen LogP contribution in [0.1, 0.15) is 64.2 Å². The van der Waals surface area contributed by atoms with Crippen molar-refractivity contribution in [3.8, 4) is 0 Å². The second-order valence-electron chi connectivity index (χ2n) is 10.9. The second kappa shape index (κ2) is 14.0. The number of alkyl halides is 3. The minimum absolute atomic E-state index is 0.00668. The minimum Gasteiger partial charge on any atom is -0.461 e. The maximum absolute atomic E-state index is 14.5. The molecular weight excluding hydrogens is 568 g/mol. The summed E-state index contributed by atoms with van der Waals surface area (Å²) >= 11 is 0. The first kappa shape index (κ1) is 33.6. The van der Waals surface area contributed by atoms with Gasteiger partial charge in [0.1, 0.15) is 6.61 Å². The predicted molar refractivity (Wildman–Crippen MR) is 157 cm³/mol. The Hall–Kier alpha value is -2.91. The van der Waals surface area contributed by atoms with Gasteiger partial charge in [0, 0.05) is 24.5 Å². The van der Waals surface area contributed by atoms with Gasteiger partial charge in [-0.1, -0.05) is 48.5 Å². The Morgan fingerprint density at radius 1 is 0.952 bits per heavy atom. The Labute approximate surface area is 246 Å². The van der Waals surface area contributed by atoms with E-state index in [0.29, 0.717) is 24.5 Å². The largest absolute Gasteiger partial charge is 0.461 e. The number of likely N-dealkylation sites (N-methyl/N-ethyl adjacent to an activating group) is 1. The first-order valence-electron chi connectivity index (χ1n) is 13.9. The average molecular weight is 609 g/mol. The molecule has 0 saturated carbocycles. The van der Waals surface area contributed by atoms with Crippen molar-refractivity contribution in [2.24, 2.45) is 0 Å². The van der Waals surface area contributed by atoms with Crippen LogP contribution in [-0.2, 0) is 35.9 Å². The van der Waals surface area contributed by atoms with E-state index >= 15 is 0 Å². The molecule has 1 N–H and O–H groups in total. The van der Waals surface area contributed by atoms with Crippen molar-refractivity contribution in [2.75, 3.05) is 20.2 Å². The zero-order chi connectivity index (χ0) is 31.2. The molecule has 1 atom stereocenters. The summed E-state index contributed by atoms with van der Waals surface area (Å²) in [7, 11) is -2.36. The quantitative estimate of drug-likeness (QED) is 0.196. The first-order chi connectivity index (χ1) is 19.6. The fourth-order valence-corrected chi connectivity index (χ4v) is 7.40. The Morgan fingerprint density at radius 2 is 1.52 bits per heavy atom. The molecule has 2 aromatic rings. The van der Waals surface area contributed by atoms with Gasteiger partial charge in [0.05, 0.1) is 34.6 Å². The van der Waals surface area contributed by atoms with Crippen molar-refractivity contribution < 1.29 is 36.3 Å². The third-order valence-electron chi connectivity index (χ3n) is 6.52. The molecule has 0 bridgehead atoms. The van der Waals surface area contributed by atoms with Crippen LogP contribution in [0.5, 0.6) is 0 Å². The summed E-state index contributed by atoms with van der Waals surface area (Å²) in [6.45, 7) is 10.8. The zero-order valence-electron chi connectivity index (χ0n) is 25.1. The van der Waals surface area contributed by atoms with E-state index in [9.17, 15) is 22.5 Å². The molecule has 230 valence electrons. The van der Waals surface area contributed by atoms with Crippen molar-refractivity contribution >= 4 is 13.6 Å². The number of benzene rings is 2. The van der Waals surface area contributed by atoms with Gasteiger partial charge in [-0.25, -0.2) is 4.79 Å². The molecule has 2 aromatic carbocycles. The van der Waals surface area contributed by atoms with E-state index in [1.165, 1.54) is 18.2 Å². The van der Waals surface area contributed by atoms with Crippen molar-refractivity contribution in [1.82, 2.24) is 10.2 Å². The molecule has 3 rings (SSSR count). The number of carbonyl (C=O) groups is 1. The van der Waals surface area contributed by atoms with E-state index in [1.807, 2.05) is 42.3 Å². The first-order valence-corrected chi connectivity index (χ1v) is 15.4. The van der Waals surface area contributed by atoms with Crippen LogP contribution in [0, 0.1) is 0 Å². The molecule has 0 spiro atoms. The fraction of sp³-hybridized carbons (Fsp3) is 0.452. The number of esters is 1. The summed E-state index contributed by atoms with van der Waals surface area (Å²) in [5, 5.41) is 2.98. The minimum atomic E-state index is -4.74. The highest BCUT2D eigenvalue weighted by Gasteiger charge is 2.48. The lowest BCUT2D eigenvalue weighted by atomic mass is 9.84. The van der Waals surface area contributed by atoms with E-state index in [-0.39, 0.29) is 23.1 Å². The summed E-state index contributed by atoms with van der Waals surface area (Å²) in [5.41, 5.74) is 0.385. The van der Waals surface area contributed by atoms with Gasteiger partial charge in [0.2, 0.25) is 0 Å². The summed E-state index contributed by atoms with van der Waals surface area (Å²) in [6.07, 6.45) is -5.92. The highest BCUT2D eigenvalue weighted by atomic mass is 31.2. The van der Waals surface area contributed by atoms with Crippen LogP contribution >= 0.6 is 7.60 Å². The molecule has 0 aromatic heterocycles. The standard InChI is InChI=1S/C31H40F3N2O5P/c1-20(2)40-42(38,41-21(3)4)29-23(6)35-22(5)27(28(29)25-15-11-12-16-26(25)31(32,33)34)30(37)39-18-17-36(7)19-24-13-9-8-10-14-24/h8-16,20-21,28,35H,17-19H2,1-7H3. The molecule has 0 amide bonds. The number of halogens is 3. The van der Waals surface area contributed by atoms with Gasteiger partial charge in [0.25, 0.3) is 0 Å². The van der Waals surface area contributed by atoms with Crippen molar-refractivity contribution in [1.29, 1.82) is 0 Å². The van der Waals surface area contributed by atoms with Gasteiger partial charge < -0.3 is 19.1 Å². The number of hydrogen-bond acceptors (Lipinski definition) is 7. The Bertz CT molecular complexity index is 1340. The van der Waals surface area contributed by atoms with Gasteiger partial charge in [-0.05, 0) is 65.8 Å². The second-order valence-corrected chi connectivity index (χ2v) is 12.8. The van der Waals surface area contributed by atoms with E-state index < -0.39 is 43.4 Å². The van der Waals surface area contributed by atoms with Crippen LogP contribution in [0.2, 0.25) is 0 Å². The number of ether oxygens (including phenoxy) is 1. The molecule has 0 fully saturated rings. The summed E-state index contributed by atoms with van der Waals surface area (Å²) in [4.78, 5) is 15.7. The maximum Gasteiger partial charge on any atom is 0.416 e. The van der Waals surface area contributed by atoms with Gasteiger partial charge in [-0.15, -0.1) is 0 Å². The molecule has 1 heterocycles. The predicted octanol–water partition coefficient (Wildman–Crippen LogP) is 7.62. The average Bonchev–Trinajstić information content (AvgIpc) is 2.87. The van der Waals surface area contributed by atoms with E-state index in [0.717, 1.165) is 11.6 Å². The van der Waals surface area contributed by atoms with Gasteiger partial charge in [0.15, 0.2) is 0 Å². The molecule has 0 radical (unpaired) electrons. The highest BCUT2D eigenvalue weighted by molar-refractivity contribution is 7.58. The number of dihydropyridines is 1.